The highest BCUT2D eigenvalue weighted by Gasteiger charge is 2.14. The van der Waals surface area contributed by atoms with E-state index in [1.54, 1.807) is 6.07 Å². The van der Waals surface area contributed by atoms with Crippen LogP contribution in [-0.4, -0.2) is 24.2 Å². The fourth-order valence-corrected chi connectivity index (χ4v) is 2.02. The van der Waals surface area contributed by atoms with E-state index in [2.05, 4.69) is 21.2 Å². The minimum absolute atomic E-state index is 0.0325. The molecule has 1 heterocycles. The molecule has 1 unspecified atom stereocenters. The van der Waals surface area contributed by atoms with Crippen molar-refractivity contribution in [2.75, 3.05) is 13.2 Å². The highest BCUT2D eigenvalue weighted by molar-refractivity contribution is 9.10. The van der Waals surface area contributed by atoms with Crippen LogP contribution in [0.4, 0.5) is 0 Å². The number of hydrogen-bond acceptors (Lipinski definition) is 3. The summed E-state index contributed by atoms with van der Waals surface area (Å²) < 4.78 is 6.33. The third kappa shape index (κ3) is 2.73. The number of para-hydroxylation sites is 1. The molecule has 4 nitrogen and oxygen atoms in total. The Balaban J connectivity index is 2.16. The van der Waals surface area contributed by atoms with Gasteiger partial charge in [0.15, 0.2) is 5.76 Å². The first-order valence-corrected chi connectivity index (χ1v) is 6.48. The molecule has 0 aliphatic rings. The number of nitrogens with one attached hydrogen (secondary N) is 1. The quantitative estimate of drug-likeness (QED) is 0.912. The Kier molecular flexibility index (Phi) is 4.04. The number of rotatable bonds is 4. The molecule has 18 heavy (non-hydrogen) atoms. The van der Waals surface area contributed by atoms with Crippen molar-refractivity contribution in [1.29, 1.82) is 0 Å². The van der Waals surface area contributed by atoms with Gasteiger partial charge in [0.1, 0.15) is 5.58 Å². The fourth-order valence-electron chi connectivity index (χ4n) is 1.56. The number of fused-ring (bicyclic) bond motifs is 1. The van der Waals surface area contributed by atoms with E-state index in [1.165, 1.54) is 0 Å². The maximum absolute atomic E-state index is 11.8. The second-order valence-electron chi connectivity index (χ2n) is 4.27. The zero-order valence-electron chi connectivity index (χ0n) is 9.94. The van der Waals surface area contributed by atoms with Crippen LogP contribution in [0.3, 0.4) is 0 Å². The minimum Gasteiger partial charge on any atom is -0.450 e. The molecule has 0 saturated heterocycles. The van der Waals surface area contributed by atoms with Gasteiger partial charge in [-0.3, -0.25) is 4.79 Å². The van der Waals surface area contributed by atoms with Crippen molar-refractivity contribution >= 4 is 32.8 Å². The van der Waals surface area contributed by atoms with Crippen molar-refractivity contribution in [1.82, 2.24) is 5.32 Å². The maximum atomic E-state index is 11.8. The van der Waals surface area contributed by atoms with E-state index in [4.69, 9.17) is 9.52 Å². The molecule has 2 N–H and O–H groups in total. The third-order valence-electron chi connectivity index (χ3n) is 2.64. The number of carbonyl (C=O) groups excluding carboxylic acids is 1. The Hall–Kier alpha value is -1.33. The lowest BCUT2D eigenvalue weighted by Gasteiger charge is -2.07. The summed E-state index contributed by atoms with van der Waals surface area (Å²) in [7, 11) is 0. The van der Waals surface area contributed by atoms with E-state index in [9.17, 15) is 4.79 Å². The number of benzene rings is 1. The van der Waals surface area contributed by atoms with Crippen LogP contribution in [0, 0.1) is 5.92 Å². The van der Waals surface area contributed by atoms with Crippen LogP contribution >= 0.6 is 15.9 Å². The smallest absolute Gasteiger partial charge is 0.287 e. The van der Waals surface area contributed by atoms with E-state index in [0.717, 1.165) is 9.86 Å². The molecule has 5 heteroatoms. The van der Waals surface area contributed by atoms with E-state index < -0.39 is 0 Å². The summed E-state index contributed by atoms with van der Waals surface area (Å²) in [4.78, 5) is 11.8. The summed E-state index contributed by atoms with van der Waals surface area (Å²) >= 11 is 3.37. The molecule has 1 aromatic heterocycles. The van der Waals surface area contributed by atoms with Crippen molar-refractivity contribution in [2.24, 2.45) is 5.92 Å². The molecule has 0 saturated carbocycles. The Labute approximate surface area is 113 Å². The first-order chi connectivity index (χ1) is 8.61. The molecule has 0 aliphatic heterocycles. The van der Waals surface area contributed by atoms with Crippen LogP contribution in [0.1, 0.15) is 17.5 Å². The van der Waals surface area contributed by atoms with Crippen molar-refractivity contribution < 1.29 is 14.3 Å². The van der Waals surface area contributed by atoms with Gasteiger partial charge in [0.25, 0.3) is 5.91 Å². The monoisotopic (exact) mass is 311 g/mol. The van der Waals surface area contributed by atoms with Gasteiger partial charge in [0.05, 0.1) is 4.47 Å². The molecule has 1 aromatic carbocycles. The van der Waals surface area contributed by atoms with Gasteiger partial charge in [-0.2, -0.15) is 0 Å². The number of hydrogen-bond donors (Lipinski definition) is 2. The molecule has 0 radical (unpaired) electrons. The van der Waals surface area contributed by atoms with Crippen molar-refractivity contribution in [3.8, 4) is 0 Å². The fraction of sp³-hybridized carbons (Fsp3) is 0.308. The van der Waals surface area contributed by atoms with Gasteiger partial charge in [-0.25, -0.2) is 0 Å². The molecule has 0 bridgehead atoms. The van der Waals surface area contributed by atoms with Gasteiger partial charge in [-0.15, -0.1) is 0 Å². The SMILES string of the molecule is CC(CO)CNC(=O)c1cc2cccc(Br)c2o1. The second kappa shape index (κ2) is 5.54. The number of amides is 1. The van der Waals surface area contributed by atoms with Crippen LogP contribution < -0.4 is 5.32 Å². The zero-order valence-corrected chi connectivity index (χ0v) is 11.5. The molecule has 0 aliphatic carbocycles. The van der Waals surface area contributed by atoms with E-state index in [-0.39, 0.29) is 24.2 Å². The normalized spacial score (nSPS) is 12.6. The van der Waals surface area contributed by atoms with Crippen molar-refractivity contribution in [2.45, 2.75) is 6.92 Å². The minimum atomic E-state index is -0.265. The predicted octanol–water partition coefficient (Wildman–Crippen LogP) is 2.55. The molecular weight excluding hydrogens is 298 g/mol. The van der Waals surface area contributed by atoms with Gasteiger partial charge in [-0.05, 0) is 34.0 Å². The van der Waals surface area contributed by atoms with Crippen LogP contribution in [0.5, 0.6) is 0 Å². The summed E-state index contributed by atoms with van der Waals surface area (Å²) in [6, 6.07) is 7.34. The average molecular weight is 312 g/mol. The summed E-state index contributed by atoms with van der Waals surface area (Å²) in [5.41, 5.74) is 0.665. The Morgan fingerprint density at radius 2 is 2.33 bits per heavy atom. The topological polar surface area (TPSA) is 62.5 Å². The Morgan fingerprint density at radius 3 is 3.00 bits per heavy atom. The molecule has 2 rings (SSSR count). The zero-order chi connectivity index (χ0) is 13.1. The van der Waals surface area contributed by atoms with Gasteiger partial charge in [-0.1, -0.05) is 19.1 Å². The van der Waals surface area contributed by atoms with Gasteiger partial charge in [0.2, 0.25) is 0 Å². The molecule has 1 atom stereocenters. The largest absolute Gasteiger partial charge is 0.450 e. The molecule has 1 amide bonds. The summed E-state index contributed by atoms with van der Waals surface area (Å²) in [6.07, 6.45) is 0. The average Bonchev–Trinajstić information content (AvgIpc) is 2.81. The van der Waals surface area contributed by atoms with Crippen molar-refractivity contribution in [3.05, 3.63) is 34.5 Å². The lowest BCUT2D eigenvalue weighted by atomic mass is 10.2. The molecule has 96 valence electrons. The van der Waals surface area contributed by atoms with Crippen LogP contribution in [0.25, 0.3) is 11.0 Å². The first kappa shape index (κ1) is 13.1. The molecule has 0 fully saturated rings. The van der Waals surface area contributed by atoms with Crippen molar-refractivity contribution in [3.63, 3.8) is 0 Å². The van der Waals surface area contributed by atoms with Crippen LogP contribution in [0.2, 0.25) is 0 Å². The molecule has 0 spiro atoms. The number of aliphatic hydroxyl groups is 1. The standard InChI is InChI=1S/C13H14BrNO3/c1-8(7-16)6-15-13(17)11-5-9-3-2-4-10(14)12(9)18-11/h2-5,8,16H,6-7H2,1H3,(H,15,17). The Morgan fingerprint density at radius 1 is 1.56 bits per heavy atom. The number of aliphatic hydroxyl groups excluding tert-OH is 1. The number of carbonyl (C=O) groups is 1. The first-order valence-electron chi connectivity index (χ1n) is 5.69. The highest BCUT2D eigenvalue weighted by atomic mass is 79.9. The molecular formula is C13H14BrNO3. The third-order valence-corrected chi connectivity index (χ3v) is 3.27. The highest BCUT2D eigenvalue weighted by Crippen LogP contribution is 2.26. The lowest BCUT2D eigenvalue weighted by Crippen LogP contribution is -2.29. The van der Waals surface area contributed by atoms with Crippen LogP contribution in [-0.2, 0) is 0 Å². The lowest BCUT2D eigenvalue weighted by molar-refractivity contribution is 0.0916. The van der Waals surface area contributed by atoms with Gasteiger partial charge in [0, 0.05) is 18.5 Å². The summed E-state index contributed by atoms with van der Waals surface area (Å²) in [6.45, 7) is 2.33. The number of halogens is 1. The van der Waals surface area contributed by atoms with Crippen LogP contribution in [0.15, 0.2) is 33.2 Å². The van der Waals surface area contributed by atoms with Gasteiger partial charge < -0.3 is 14.8 Å². The Bertz CT molecular complexity index is 564. The number of furan rings is 1. The summed E-state index contributed by atoms with van der Waals surface area (Å²) in [5.74, 6) is 0.0468. The van der Waals surface area contributed by atoms with E-state index >= 15 is 0 Å². The van der Waals surface area contributed by atoms with E-state index in [1.807, 2.05) is 25.1 Å². The maximum Gasteiger partial charge on any atom is 0.287 e. The van der Waals surface area contributed by atoms with Gasteiger partial charge >= 0.3 is 0 Å². The molecule has 2 aromatic rings. The van der Waals surface area contributed by atoms with E-state index in [0.29, 0.717) is 12.1 Å². The summed E-state index contributed by atoms with van der Waals surface area (Å²) in [5, 5.41) is 12.5. The predicted molar refractivity (Wildman–Crippen MR) is 72.5 cm³/mol. The second-order valence-corrected chi connectivity index (χ2v) is 5.12.